The third-order valence-corrected chi connectivity index (χ3v) is 17.8. The third kappa shape index (κ3) is 36.9. The highest BCUT2D eigenvalue weighted by atomic mass is 16.5. The van der Waals surface area contributed by atoms with Gasteiger partial charge in [0.2, 0.25) is 0 Å². The minimum Gasteiger partial charge on any atom is -0.494 e. The molecule has 0 N–H and O–H groups in total. The molecule has 7 aromatic carbocycles. The molecule has 0 spiro atoms. The van der Waals surface area contributed by atoms with Crippen LogP contribution in [0.4, 0.5) is 22.7 Å². The van der Waals surface area contributed by atoms with E-state index < -0.39 is 0 Å². The van der Waals surface area contributed by atoms with Gasteiger partial charge in [0.1, 0.15) is 51.7 Å². The Morgan fingerprint density at radius 2 is 0.317 bits per heavy atom. The van der Waals surface area contributed by atoms with Crippen LogP contribution in [0, 0.1) is 0 Å². The fourth-order valence-electron chi connectivity index (χ4n) is 11.7. The van der Waals surface area contributed by atoms with Gasteiger partial charge in [-0.2, -0.15) is 20.5 Å². The smallest absolute Gasteiger partial charge is 0.126 e. The van der Waals surface area contributed by atoms with Crippen LogP contribution in [0.15, 0.2) is 184 Å². The number of azo groups is 2. The molecule has 0 unspecified atom stereocenters. The fourth-order valence-corrected chi connectivity index (χ4v) is 11.7. The van der Waals surface area contributed by atoms with Crippen LogP contribution in [0.2, 0.25) is 0 Å². The number of hydrogen-bond acceptors (Lipinski definition) is 13. The first-order chi connectivity index (χ1) is 50.0. The molecule has 0 aliphatic heterocycles. The van der Waals surface area contributed by atoms with Gasteiger partial charge in [0.05, 0.1) is 82.2 Å². The number of benzene rings is 7. The highest BCUT2D eigenvalue weighted by molar-refractivity contribution is 5.65. The number of ether oxygens (including phenoxy) is 9. The second-order valence-electron chi connectivity index (χ2n) is 26.7. The average molecular weight is 1380 g/mol. The zero-order valence-corrected chi connectivity index (χ0v) is 62.0. The van der Waals surface area contributed by atoms with E-state index in [4.69, 9.17) is 42.6 Å². The molecule has 548 valence electrons. The van der Waals surface area contributed by atoms with Crippen LogP contribution >= 0.6 is 0 Å². The maximum atomic E-state index is 6.35. The van der Waals surface area contributed by atoms with Gasteiger partial charge in [0, 0.05) is 18.2 Å². The quantitative estimate of drug-likeness (QED) is 0.0270. The Bertz CT molecular complexity index is 3060. The Kier molecular flexibility index (Phi) is 42.0. The highest BCUT2D eigenvalue weighted by Crippen LogP contribution is 2.31. The van der Waals surface area contributed by atoms with Gasteiger partial charge in [-0.15, -0.1) is 0 Å². The molecule has 7 rings (SSSR count). The summed E-state index contributed by atoms with van der Waals surface area (Å²) in [5, 5.41) is 17.8. The Balaban J connectivity index is 0.759. The van der Waals surface area contributed by atoms with Crippen molar-refractivity contribution in [2.45, 2.75) is 239 Å². The van der Waals surface area contributed by atoms with E-state index in [1.165, 1.54) is 128 Å². The normalized spacial score (nSPS) is 11.4. The Morgan fingerprint density at radius 1 is 0.168 bits per heavy atom. The molecule has 101 heavy (non-hydrogen) atoms. The molecule has 0 amide bonds. The Labute approximate surface area is 607 Å². The maximum absolute atomic E-state index is 6.35. The van der Waals surface area contributed by atoms with Crippen molar-refractivity contribution in [2.24, 2.45) is 20.5 Å². The van der Waals surface area contributed by atoms with Gasteiger partial charge >= 0.3 is 0 Å². The Morgan fingerprint density at radius 3 is 0.505 bits per heavy atom. The molecule has 13 nitrogen and oxygen atoms in total. The van der Waals surface area contributed by atoms with Crippen molar-refractivity contribution in [3.05, 3.63) is 164 Å². The van der Waals surface area contributed by atoms with Gasteiger partial charge in [-0.25, -0.2) is 0 Å². The first-order valence-corrected chi connectivity index (χ1v) is 39.3. The lowest BCUT2D eigenvalue weighted by Gasteiger charge is -2.14. The van der Waals surface area contributed by atoms with Gasteiger partial charge in [0.25, 0.3) is 0 Å². The summed E-state index contributed by atoms with van der Waals surface area (Å²) in [5.41, 5.74) is 5.46. The summed E-state index contributed by atoms with van der Waals surface area (Å²) in [5.74, 6) is 7.50. The van der Waals surface area contributed by atoms with E-state index in [9.17, 15) is 0 Å². The van der Waals surface area contributed by atoms with Gasteiger partial charge in [-0.05, 0) is 229 Å². The molecule has 0 saturated heterocycles. The number of unbranched alkanes of at least 4 members (excludes halogenated alkanes) is 28. The predicted molar refractivity (Wildman–Crippen MR) is 416 cm³/mol. The number of rotatable bonds is 60. The van der Waals surface area contributed by atoms with Crippen molar-refractivity contribution >= 4 is 22.7 Å². The monoisotopic (exact) mass is 1380 g/mol. The molecular formula is C88H122N4O9. The van der Waals surface area contributed by atoms with Gasteiger partial charge in [-0.1, -0.05) is 167 Å². The summed E-state index contributed by atoms with van der Waals surface area (Å²) in [6, 6.07) is 54.0. The lowest BCUT2D eigenvalue weighted by atomic mass is 10.1. The molecule has 0 bridgehead atoms. The maximum Gasteiger partial charge on any atom is 0.126 e. The molecule has 0 saturated carbocycles. The largest absolute Gasteiger partial charge is 0.494 e. The minimum absolute atomic E-state index is 0.606. The Hall–Kier alpha value is -8.06. The summed E-state index contributed by atoms with van der Waals surface area (Å²) in [4.78, 5) is 0. The highest BCUT2D eigenvalue weighted by Gasteiger charge is 2.09. The molecule has 0 atom stereocenters. The molecule has 7 aromatic rings. The zero-order valence-electron chi connectivity index (χ0n) is 62.0. The standard InChI is InChI=1S/C88H122N4O9/c1-4-7-10-13-15-17-19-21-30-63-95-82-54-42-76(43-55-82)89-91-78-46-58-84(59-47-78)97-66-33-24-27-36-69-100-87-71-86(99-68-35-26-23-32-65-94-81-52-40-75(41-53-81)74-38-50-80(51-39-74)93-62-29-12-9-6-3)72-88(73-87)101-70-37-28-25-34-67-98-85-60-48-79(49-61-85)92-90-77-44-56-83(57-45-77)96-64-31-22-20-18-16-14-11-8-5-2/h38-61,71-73H,4-37,62-70H2,1-3H3. The SMILES string of the molecule is CCCCCCCCCCCOc1ccc(N=Nc2ccc(OCCCCCCOc3cc(OCCCCCCOc4ccc(N=Nc5ccc(OCCCCCCCCCCC)cc5)cc4)cc(OCCCCCCOc4ccc(-c5ccc(OCCCCCC)cc5)cc4)c3)cc2)cc1. The van der Waals surface area contributed by atoms with Crippen molar-refractivity contribution in [1.29, 1.82) is 0 Å². The van der Waals surface area contributed by atoms with Crippen LogP contribution in [0.25, 0.3) is 11.1 Å². The van der Waals surface area contributed by atoms with Crippen molar-refractivity contribution in [2.75, 3.05) is 59.5 Å². The molecule has 0 aliphatic rings. The summed E-state index contributed by atoms with van der Waals surface area (Å²) < 4.78 is 55.2. The van der Waals surface area contributed by atoms with Crippen molar-refractivity contribution < 1.29 is 42.6 Å². The van der Waals surface area contributed by atoms with E-state index in [1.54, 1.807) is 0 Å². The van der Waals surface area contributed by atoms with Crippen molar-refractivity contribution in [3.63, 3.8) is 0 Å². The topological polar surface area (TPSA) is 133 Å². The van der Waals surface area contributed by atoms with Crippen LogP contribution < -0.4 is 42.6 Å². The lowest BCUT2D eigenvalue weighted by molar-refractivity contribution is 0.269. The summed E-state index contributed by atoms with van der Waals surface area (Å²) >= 11 is 0. The minimum atomic E-state index is 0.606. The zero-order chi connectivity index (χ0) is 70.4. The van der Waals surface area contributed by atoms with Gasteiger partial charge in [0.15, 0.2) is 0 Å². The molecular weight excluding hydrogens is 1260 g/mol. The average Bonchev–Trinajstić information content (AvgIpc) is 0.911. The number of nitrogens with zero attached hydrogens (tertiary/aromatic N) is 4. The van der Waals surface area contributed by atoms with E-state index >= 15 is 0 Å². The summed E-state index contributed by atoms with van der Waals surface area (Å²) in [6.07, 6.45) is 40.2. The molecule has 0 aliphatic carbocycles. The van der Waals surface area contributed by atoms with E-state index in [2.05, 4.69) is 89.8 Å². The van der Waals surface area contributed by atoms with Crippen LogP contribution in [0.3, 0.4) is 0 Å². The van der Waals surface area contributed by atoms with Gasteiger partial charge in [-0.3, -0.25) is 0 Å². The van der Waals surface area contributed by atoms with Crippen molar-refractivity contribution in [1.82, 2.24) is 0 Å². The first kappa shape index (κ1) is 80.3. The van der Waals surface area contributed by atoms with Crippen LogP contribution in [-0.4, -0.2) is 59.5 Å². The van der Waals surface area contributed by atoms with E-state index in [-0.39, 0.29) is 0 Å². The first-order valence-electron chi connectivity index (χ1n) is 39.3. The predicted octanol–water partition coefficient (Wildman–Crippen LogP) is 27.0. The van der Waals surface area contributed by atoms with Crippen molar-refractivity contribution in [3.8, 4) is 62.9 Å². The molecule has 0 heterocycles. The second kappa shape index (κ2) is 52.9. The van der Waals surface area contributed by atoms with Crippen LogP contribution in [-0.2, 0) is 0 Å². The van der Waals surface area contributed by atoms with Crippen LogP contribution in [0.5, 0.6) is 51.7 Å². The molecule has 0 fully saturated rings. The van der Waals surface area contributed by atoms with Gasteiger partial charge < -0.3 is 42.6 Å². The summed E-state index contributed by atoms with van der Waals surface area (Å²) in [6.45, 7) is 12.8. The van der Waals surface area contributed by atoms with Crippen LogP contribution in [0.1, 0.15) is 239 Å². The van der Waals surface area contributed by atoms with E-state index in [0.29, 0.717) is 39.6 Å². The fraction of sp³-hybridized carbons (Fsp3) is 0.523. The molecule has 0 radical (unpaired) electrons. The lowest BCUT2D eigenvalue weighted by Crippen LogP contribution is -2.03. The molecule has 0 aromatic heterocycles. The van der Waals surface area contributed by atoms with E-state index in [1.807, 2.05) is 115 Å². The van der Waals surface area contributed by atoms with E-state index in [0.717, 1.165) is 196 Å². The summed E-state index contributed by atoms with van der Waals surface area (Å²) in [7, 11) is 0. The molecule has 13 heteroatoms. The third-order valence-electron chi connectivity index (χ3n) is 17.8. The number of hydrogen-bond donors (Lipinski definition) is 0. The second-order valence-corrected chi connectivity index (χ2v) is 26.7.